The maximum atomic E-state index is 12.5. The molecule has 118 valence electrons. The number of thiophene rings is 1. The number of amides is 1. The van der Waals surface area contributed by atoms with E-state index < -0.39 is 0 Å². The van der Waals surface area contributed by atoms with Gasteiger partial charge in [-0.3, -0.25) is 4.79 Å². The summed E-state index contributed by atoms with van der Waals surface area (Å²) < 4.78 is 1.69. The van der Waals surface area contributed by atoms with Crippen LogP contribution in [0.2, 0.25) is 0 Å². The van der Waals surface area contributed by atoms with Gasteiger partial charge in [0.15, 0.2) is 5.69 Å². The van der Waals surface area contributed by atoms with Crippen LogP contribution in [0.25, 0.3) is 0 Å². The Hall–Kier alpha value is -2.47. The predicted octanol–water partition coefficient (Wildman–Crippen LogP) is 2.97. The lowest BCUT2D eigenvalue weighted by molar-refractivity contribution is 0.0780. The number of nitrogens with zero attached hydrogens (tertiary/aromatic N) is 4. The Morgan fingerprint density at radius 1 is 1.26 bits per heavy atom. The van der Waals surface area contributed by atoms with E-state index in [0.717, 1.165) is 5.56 Å². The molecule has 0 spiro atoms. The molecule has 3 aromatic rings. The fourth-order valence-corrected chi connectivity index (χ4v) is 3.25. The molecule has 0 saturated heterocycles. The van der Waals surface area contributed by atoms with E-state index in [1.54, 1.807) is 34.2 Å². The van der Waals surface area contributed by atoms with Crippen LogP contribution >= 0.6 is 11.3 Å². The molecule has 0 aliphatic heterocycles. The zero-order valence-corrected chi connectivity index (χ0v) is 14.0. The van der Waals surface area contributed by atoms with Gasteiger partial charge >= 0.3 is 0 Å². The summed E-state index contributed by atoms with van der Waals surface area (Å²) in [5.41, 5.74) is 2.71. The lowest BCUT2D eigenvalue weighted by Crippen LogP contribution is -2.26. The van der Waals surface area contributed by atoms with Crippen molar-refractivity contribution in [1.29, 1.82) is 0 Å². The summed E-state index contributed by atoms with van der Waals surface area (Å²) in [5, 5.41) is 10.1. The number of hydrogen-bond acceptors (Lipinski definition) is 4. The maximum Gasteiger partial charge on any atom is 0.276 e. The van der Waals surface area contributed by atoms with Gasteiger partial charge in [0.25, 0.3) is 5.91 Å². The Morgan fingerprint density at radius 2 is 2.04 bits per heavy atom. The van der Waals surface area contributed by atoms with Crippen molar-refractivity contribution in [3.05, 3.63) is 69.7 Å². The number of aryl methyl sites for hydroxylation is 1. The fourth-order valence-electron chi connectivity index (χ4n) is 2.29. The van der Waals surface area contributed by atoms with Crippen LogP contribution < -0.4 is 0 Å². The van der Waals surface area contributed by atoms with E-state index in [1.807, 2.05) is 35.7 Å². The summed E-state index contributed by atoms with van der Waals surface area (Å²) in [6.45, 7) is 3.25. The Labute approximate surface area is 139 Å². The number of hydrogen-bond donors (Lipinski definition) is 0. The maximum absolute atomic E-state index is 12.5. The average Bonchev–Trinajstić information content (AvgIpc) is 3.17. The van der Waals surface area contributed by atoms with Crippen molar-refractivity contribution in [1.82, 2.24) is 19.9 Å². The third kappa shape index (κ3) is 3.65. The van der Waals surface area contributed by atoms with E-state index in [1.165, 1.54) is 10.4 Å². The van der Waals surface area contributed by atoms with E-state index in [9.17, 15) is 4.79 Å². The summed E-state index contributed by atoms with van der Waals surface area (Å²) in [6, 6.07) is 12.0. The van der Waals surface area contributed by atoms with Crippen molar-refractivity contribution in [2.45, 2.75) is 20.0 Å². The smallest absolute Gasteiger partial charge is 0.276 e. The number of rotatable bonds is 5. The lowest BCUT2D eigenvalue weighted by atomic mass is 10.2. The average molecular weight is 326 g/mol. The SMILES string of the molecule is Cc1ccsc1CN(C)C(=O)c1cn(Cc2ccccc2)nn1. The van der Waals surface area contributed by atoms with E-state index in [0.29, 0.717) is 18.8 Å². The van der Waals surface area contributed by atoms with Crippen LogP contribution in [0, 0.1) is 6.92 Å². The van der Waals surface area contributed by atoms with Crippen molar-refractivity contribution in [2.75, 3.05) is 7.05 Å². The third-order valence-corrected chi connectivity index (χ3v) is 4.65. The van der Waals surface area contributed by atoms with Crippen molar-refractivity contribution < 1.29 is 4.79 Å². The molecule has 1 amide bonds. The monoisotopic (exact) mass is 326 g/mol. The second-order valence-corrected chi connectivity index (χ2v) is 6.48. The largest absolute Gasteiger partial charge is 0.335 e. The zero-order chi connectivity index (χ0) is 16.2. The zero-order valence-electron chi connectivity index (χ0n) is 13.1. The topological polar surface area (TPSA) is 51.0 Å². The first-order valence-electron chi connectivity index (χ1n) is 7.36. The van der Waals surface area contributed by atoms with E-state index in [2.05, 4.69) is 23.3 Å². The van der Waals surface area contributed by atoms with E-state index in [4.69, 9.17) is 0 Å². The Balaban J connectivity index is 1.67. The Kier molecular flexibility index (Phi) is 4.52. The van der Waals surface area contributed by atoms with E-state index >= 15 is 0 Å². The molecule has 0 fully saturated rings. The summed E-state index contributed by atoms with van der Waals surface area (Å²) in [4.78, 5) is 15.3. The van der Waals surface area contributed by atoms with Gasteiger partial charge in [-0.25, -0.2) is 4.68 Å². The highest BCUT2D eigenvalue weighted by Crippen LogP contribution is 2.18. The summed E-state index contributed by atoms with van der Waals surface area (Å²) in [7, 11) is 1.79. The van der Waals surface area contributed by atoms with Crippen molar-refractivity contribution >= 4 is 17.2 Å². The van der Waals surface area contributed by atoms with Gasteiger partial charge in [-0.15, -0.1) is 16.4 Å². The van der Waals surface area contributed by atoms with Gasteiger partial charge in [0.05, 0.1) is 19.3 Å². The molecule has 2 aromatic heterocycles. The molecular weight excluding hydrogens is 308 g/mol. The lowest BCUT2D eigenvalue weighted by Gasteiger charge is -2.15. The molecule has 0 aliphatic carbocycles. The van der Waals surface area contributed by atoms with Crippen LogP contribution in [0.5, 0.6) is 0 Å². The van der Waals surface area contributed by atoms with Crippen molar-refractivity contribution in [3.63, 3.8) is 0 Å². The molecule has 5 nitrogen and oxygen atoms in total. The first kappa shape index (κ1) is 15.4. The van der Waals surface area contributed by atoms with Crippen molar-refractivity contribution in [3.8, 4) is 0 Å². The fraction of sp³-hybridized carbons (Fsp3) is 0.235. The normalized spacial score (nSPS) is 10.7. The minimum Gasteiger partial charge on any atom is -0.335 e. The Bertz CT molecular complexity index is 794. The van der Waals surface area contributed by atoms with Gasteiger partial charge in [0.2, 0.25) is 0 Å². The standard InChI is InChI=1S/C17H18N4OS/c1-13-8-9-23-16(13)12-20(2)17(22)15-11-21(19-18-15)10-14-6-4-3-5-7-14/h3-9,11H,10,12H2,1-2H3. The summed E-state index contributed by atoms with van der Waals surface area (Å²) in [6.07, 6.45) is 1.70. The number of carbonyl (C=O) groups excluding carboxylic acids is 1. The van der Waals surface area contributed by atoms with Gasteiger partial charge in [0.1, 0.15) is 0 Å². The van der Waals surface area contributed by atoms with Crippen LogP contribution in [0.1, 0.15) is 26.5 Å². The second kappa shape index (κ2) is 6.75. The molecule has 2 heterocycles. The van der Waals surface area contributed by atoms with Gasteiger partial charge in [-0.1, -0.05) is 35.5 Å². The molecule has 0 bridgehead atoms. The highest BCUT2D eigenvalue weighted by Gasteiger charge is 2.17. The Morgan fingerprint density at radius 3 is 2.74 bits per heavy atom. The quantitative estimate of drug-likeness (QED) is 0.724. The van der Waals surface area contributed by atoms with Gasteiger partial charge in [-0.05, 0) is 29.5 Å². The van der Waals surface area contributed by atoms with E-state index in [-0.39, 0.29) is 5.91 Å². The highest BCUT2D eigenvalue weighted by molar-refractivity contribution is 7.10. The summed E-state index contributed by atoms with van der Waals surface area (Å²) in [5.74, 6) is -0.114. The number of aromatic nitrogens is 3. The van der Waals surface area contributed by atoms with Crippen LogP contribution in [0.4, 0.5) is 0 Å². The van der Waals surface area contributed by atoms with Crippen LogP contribution in [-0.2, 0) is 13.1 Å². The highest BCUT2D eigenvalue weighted by atomic mass is 32.1. The number of benzene rings is 1. The minimum absolute atomic E-state index is 0.114. The molecule has 3 rings (SSSR count). The first-order chi connectivity index (χ1) is 11.1. The number of carbonyl (C=O) groups is 1. The van der Waals surface area contributed by atoms with Crippen molar-refractivity contribution in [2.24, 2.45) is 0 Å². The third-order valence-electron chi connectivity index (χ3n) is 3.64. The van der Waals surface area contributed by atoms with Crippen LogP contribution in [-0.4, -0.2) is 32.8 Å². The molecule has 0 aliphatic rings. The molecule has 1 aromatic carbocycles. The molecular formula is C17H18N4OS. The second-order valence-electron chi connectivity index (χ2n) is 5.47. The molecule has 0 radical (unpaired) electrons. The molecule has 6 heteroatoms. The first-order valence-corrected chi connectivity index (χ1v) is 8.24. The summed E-state index contributed by atoms with van der Waals surface area (Å²) >= 11 is 1.66. The minimum atomic E-state index is -0.114. The molecule has 0 unspecified atom stereocenters. The molecule has 0 N–H and O–H groups in total. The predicted molar refractivity (Wildman–Crippen MR) is 90.4 cm³/mol. The van der Waals surface area contributed by atoms with Gasteiger partial charge in [-0.2, -0.15) is 0 Å². The van der Waals surface area contributed by atoms with Gasteiger partial charge in [0, 0.05) is 11.9 Å². The molecule has 0 saturated carbocycles. The molecule has 0 atom stereocenters. The molecule has 23 heavy (non-hydrogen) atoms. The van der Waals surface area contributed by atoms with Crippen LogP contribution in [0.15, 0.2) is 48.0 Å². The van der Waals surface area contributed by atoms with Gasteiger partial charge < -0.3 is 4.90 Å². The van der Waals surface area contributed by atoms with Crippen LogP contribution in [0.3, 0.4) is 0 Å².